The molecule has 9 heteroatoms. The second kappa shape index (κ2) is 8.73. The van der Waals surface area contributed by atoms with Crippen molar-refractivity contribution in [2.75, 3.05) is 36.8 Å². The molecule has 0 N–H and O–H groups in total. The molecule has 1 fully saturated rings. The number of pyridine rings is 1. The summed E-state index contributed by atoms with van der Waals surface area (Å²) in [6.07, 6.45) is 3.50. The van der Waals surface area contributed by atoms with Crippen molar-refractivity contribution in [3.63, 3.8) is 0 Å². The number of carbonyl (C=O) groups excluding carboxylic acids is 1. The van der Waals surface area contributed by atoms with Gasteiger partial charge in [0.15, 0.2) is 5.65 Å². The fraction of sp³-hybridized carbons (Fsp3) is 0.227. The van der Waals surface area contributed by atoms with Gasteiger partial charge in [-0.3, -0.25) is 9.78 Å². The summed E-state index contributed by atoms with van der Waals surface area (Å²) in [7, 11) is 0. The fourth-order valence-electron chi connectivity index (χ4n) is 3.60. The van der Waals surface area contributed by atoms with Crippen molar-refractivity contribution in [3.8, 4) is 11.3 Å². The van der Waals surface area contributed by atoms with Crippen LogP contribution < -0.4 is 4.90 Å². The van der Waals surface area contributed by atoms with Gasteiger partial charge in [0.25, 0.3) is 0 Å². The monoisotopic (exact) mass is 431 g/mol. The summed E-state index contributed by atoms with van der Waals surface area (Å²) in [5, 5.41) is 13.6. The summed E-state index contributed by atoms with van der Waals surface area (Å²) in [6, 6.07) is 17.9. The maximum Gasteiger partial charge on any atom is 0.233 e. The van der Waals surface area contributed by atoms with E-state index in [1.54, 1.807) is 16.9 Å². The number of para-hydroxylation sites is 1. The summed E-state index contributed by atoms with van der Waals surface area (Å²) in [5.41, 5.74) is 3.56. The van der Waals surface area contributed by atoms with Crippen LogP contribution in [-0.2, 0) is 4.79 Å². The molecule has 5 rings (SSSR count). The second-order valence-corrected chi connectivity index (χ2v) is 8.15. The molecule has 156 valence electrons. The minimum Gasteiger partial charge on any atom is -0.368 e. The number of piperazine rings is 1. The quantitative estimate of drug-likeness (QED) is 0.450. The third-order valence-electron chi connectivity index (χ3n) is 5.27. The lowest BCUT2D eigenvalue weighted by Gasteiger charge is -2.36. The van der Waals surface area contributed by atoms with Gasteiger partial charge in [0.1, 0.15) is 0 Å². The Morgan fingerprint density at radius 3 is 2.55 bits per heavy atom. The minimum absolute atomic E-state index is 0.109. The predicted molar refractivity (Wildman–Crippen MR) is 120 cm³/mol. The zero-order valence-electron chi connectivity index (χ0n) is 16.8. The second-order valence-electron chi connectivity index (χ2n) is 7.20. The minimum atomic E-state index is 0.109. The summed E-state index contributed by atoms with van der Waals surface area (Å²) in [4.78, 5) is 21.1. The summed E-state index contributed by atoms with van der Waals surface area (Å²) >= 11 is 1.37. The van der Waals surface area contributed by atoms with Gasteiger partial charge in [-0.25, -0.2) is 0 Å². The standard InChI is InChI=1S/C22H21N7OS/c30-21(28-13-11-27(12-14-28)18-6-2-1-3-7-18)16-31-22-25-24-20-9-8-19(26-29(20)22)17-5-4-10-23-15-17/h1-10,15H,11-14,16H2. The van der Waals surface area contributed by atoms with E-state index in [0.29, 0.717) is 16.6 Å². The van der Waals surface area contributed by atoms with E-state index in [1.165, 1.54) is 17.4 Å². The van der Waals surface area contributed by atoms with Gasteiger partial charge < -0.3 is 9.80 Å². The molecule has 31 heavy (non-hydrogen) atoms. The van der Waals surface area contributed by atoms with E-state index < -0.39 is 0 Å². The number of anilines is 1. The van der Waals surface area contributed by atoms with Crippen LogP contribution in [0, 0.1) is 0 Å². The molecule has 4 heterocycles. The Hall–Kier alpha value is -3.46. The Labute approximate surface area is 183 Å². The van der Waals surface area contributed by atoms with Gasteiger partial charge in [-0.05, 0) is 36.4 Å². The van der Waals surface area contributed by atoms with Crippen molar-refractivity contribution < 1.29 is 4.79 Å². The van der Waals surface area contributed by atoms with Crippen molar-refractivity contribution in [1.29, 1.82) is 0 Å². The van der Waals surface area contributed by atoms with Crippen LogP contribution in [-0.4, -0.2) is 67.5 Å². The highest BCUT2D eigenvalue weighted by atomic mass is 32.2. The van der Waals surface area contributed by atoms with Gasteiger partial charge in [0.05, 0.1) is 11.4 Å². The lowest BCUT2D eigenvalue weighted by molar-refractivity contribution is -0.128. The topological polar surface area (TPSA) is 79.5 Å². The first-order valence-corrected chi connectivity index (χ1v) is 11.1. The number of nitrogens with zero attached hydrogens (tertiary/aromatic N) is 7. The zero-order valence-corrected chi connectivity index (χ0v) is 17.6. The van der Waals surface area contributed by atoms with E-state index in [1.807, 2.05) is 47.4 Å². The van der Waals surface area contributed by atoms with Gasteiger partial charge in [-0.15, -0.1) is 10.2 Å². The first-order valence-electron chi connectivity index (χ1n) is 10.1. The molecule has 1 aliphatic rings. The molecule has 0 atom stereocenters. The normalized spacial score (nSPS) is 14.2. The number of fused-ring (bicyclic) bond motifs is 1. The van der Waals surface area contributed by atoms with Crippen LogP contribution in [0.2, 0.25) is 0 Å². The number of rotatable bonds is 5. The maximum absolute atomic E-state index is 12.8. The number of carbonyl (C=O) groups is 1. The number of aromatic nitrogens is 5. The van der Waals surface area contributed by atoms with Gasteiger partial charge in [0.2, 0.25) is 11.1 Å². The Balaban J connectivity index is 1.22. The molecule has 0 saturated carbocycles. The largest absolute Gasteiger partial charge is 0.368 e. The van der Waals surface area contributed by atoms with Crippen molar-refractivity contribution in [3.05, 3.63) is 67.0 Å². The first kappa shape index (κ1) is 19.5. The van der Waals surface area contributed by atoms with Crippen LogP contribution >= 0.6 is 11.8 Å². The summed E-state index contributed by atoms with van der Waals surface area (Å²) < 4.78 is 1.69. The average Bonchev–Trinajstić information content (AvgIpc) is 3.26. The summed E-state index contributed by atoms with van der Waals surface area (Å²) in [6.45, 7) is 3.12. The van der Waals surface area contributed by atoms with E-state index in [9.17, 15) is 4.79 Å². The highest BCUT2D eigenvalue weighted by Gasteiger charge is 2.22. The predicted octanol–water partition coefficient (Wildman–Crippen LogP) is 2.63. The molecule has 4 aromatic rings. The number of hydrogen-bond acceptors (Lipinski definition) is 7. The molecule has 0 radical (unpaired) electrons. The average molecular weight is 432 g/mol. The van der Waals surface area contributed by atoms with Gasteiger partial charge in [-0.2, -0.15) is 9.61 Å². The van der Waals surface area contributed by atoms with Crippen LogP contribution in [0.1, 0.15) is 0 Å². The maximum atomic E-state index is 12.8. The Kier molecular flexibility index (Phi) is 5.49. The molecule has 0 unspecified atom stereocenters. The van der Waals surface area contributed by atoms with Crippen LogP contribution in [0.3, 0.4) is 0 Å². The Morgan fingerprint density at radius 2 is 1.77 bits per heavy atom. The lowest BCUT2D eigenvalue weighted by Crippen LogP contribution is -2.49. The lowest BCUT2D eigenvalue weighted by atomic mass is 10.2. The Morgan fingerprint density at radius 1 is 0.935 bits per heavy atom. The van der Waals surface area contributed by atoms with E-state index in [0.717, 1.165) is 37.4 Å². The molecule has 8 nitrogen and oxygen atoms in total. The summed E-state index contributed by atoms with van der Waals surface area (Å²) in [5.74, 6) is 0.420. The molecule has 1 saturated heterocycles. The molecular weight excluding hydrogens is 410 g/mol. The van der Waals surface area contributed by atoms with Crippen molar-refractivity contribution in [2.45, 2.75) is 5.16 Å². The van der Waals surface area contributed by atoms with Crippen LogP contribution in [0.25, 0.3) is 16.9 Å². The molecule has 0 spiro atoms. The molecule has 1 aliphatic heterocycles. The molecule has 0 aliphatic carbocycles. The van der Waals surface area contributed by atoms with Crippen LogP contribution in [0.5, 0.6) is 0 Å². The van der Waals surface area contributed by atoms with E-state index in [4.69, 9.17) is 0 Å². The molecule has 1 aromatic carbocycles. The van der Waals surface area contributed by atoms with Crippen molar-refractivity contribution >= 4 is 29.0 Å². The molecule has 1 amide bonds. The zero-order chi connectivity index (χ0) is 21.0. The van der Waals surface area contributed by atoms with E-state index >= 15 is 0 Å². The van der Waals surface area contributed by atoms with E-state index in [-0.39, 0.29) is 5.91 Å². The first-order chi connectivity index (χ1) is 15.3. The Bertz CT molecular complexity index is 1170. The third-order valence-corrected chi connectivity index (χ3v) is 6.17. The highest BCUT2D eigenvalue weighted by molar-refractivity contribution is 7.99. The number of amides is 1. The smallest absolute Gasteiger partial charge is 0.233 e. The fourth-order valence-corrected chi connectivity index (χ4v) is 4.39. The van der Waals surface area contributed by atoms with Crippen LogP contribution in [0.4, 0.5) is 5.69 Å². The van der Waals surface area contributed by atoms with Gasteiger partial charge in [0, 0.05) is 49.8 Å². The third kappa shape index (κ3) is 4.22. The van der Waals surface area contributed by atoms with Gasteiger partial charge in [-0.1, -0.05) is 30.0 Å². The van der Waals surface area contributed by atoms with Crippen molar-refractivity contribution in [2.24, 2.45) is 0 Å². The number of hydrogen-bond donors (Lipinski definition) is 0. The SMILES string of the molecule is O=C(CSc1nnc2ccc(-c3cccnc3)nn12)N1CCN(c2ccccc2)CC1. The van der Waals surface area contributed by atoms with Crippen molar-refractivity contribution in [1.82, 2.24) is 29.7 Å². The van der Waals surface area contributed by atoms with Crippen LogP contribution in [0.15, 0.2) is 72.1 Å². The van der Waals surface area contributed by atoms with Gasteiger partial charge >= 0.3 is 0 Å². The number of thioether (sulfide) groups is 1. The number of benzene rings is 1. The molecule has 3 aromatic heterocycles. The highest BCUT2D eigenvalue weighted by Crippen LogP contribution is 2.21. The molecular formula is C22H21N7OS. The van der Waals surface area contributed by atoms with E-state index in [2.05, 4.69) is 37.3 Å². The molecule has 0 bridgehead atoms.